The summed E-state index contributed by atoms with van der Waals surface area (Å²) in [5.74, 6) is 0. The molecule has 1 aromatic carbocycles. The van der Waals surface area contributed by atoms with Crippen molar-refractivity contribution in [3.63, 3.8) is 0 Å². The van der Waals surface area contributed by atoms with Gasteiger partial charge in [0.15, 0.2) is 0 Å². The zero-order valence-electron chi connectivity index (χ0n) is 11.9. The highest BCUT2D eigenvalue weighted by Gasteiger charge is 2.25. The smallest absolute Gasteiger partial charge is 0.207 e. The van der Waals surface area contributed by atoms with Crippen LogP contribution in [0.15, 0.2) is 47.9 Å². The predicted octanol–water partition coefficient (Wildman–Crippen LogP) is 4.30. The Morgan fingerprint density at radius 2 is 2.04 bits per heavy atom. The number of benzene rings is 1. The lowest BCUT2D eigenvalue weighted by molar-refractivity contribution is 0.441. The second-order valence-electron chi connectivity index (χ2n) is 4.55. The Labute approximate surface area is 149 Å². The van der Waals surface area contributed by atoms with E-state index in [9.17, 15) is 8.42 Å². The van der Waals surface area contributed by atoms with E-state index in [4.69, 9.17) is 28.5 Å². The fraction of sp³-hybridized carbons (Fsp3) is 0.133. The van der Waals surface area contributed by atoms with E-state index in [1.807, 2.05) is 6.07 Å². The minimum Gasteiger partial charge on any atom is -0.207 e. The molecule has 4 nitrogen and oxygen atoms in total. The topological polar surface area (TPSA) is 61.2 Å². The summed E-state index contributed by atoms with van der Waals surface area (Å²) in [7, 11) is -3.77. The van der Waals surface area contributed by atoms with E-state index in [2.05, 4.69) is 6.58 Å². The molecule has 0 atom stereocenters. The van der Waals surface area contributed by atoms with E-state index >= 15 is 0 Å². The lowest BCUT2D eigenvalue weighted by Crippen LogP contribution is -2.30. The third-order valence-electron chi connectivity index (χ3n) is 2.99. The van der Waals surface area contributed by atoms with Crippen LogP contribution in [0.2, 0.25) is 9.36 Å². The van der Waals surface area contributed by atoms with Crippen molar-refractivity contribution in [1.29, 1.82) is 5.26 Å². The van der Waals surface area contributed by atoms with Crippen LogP contribution in [-0.4, -0.2) is 19.3 Å². The zero-order valence-corrected chi connectivity index (χ0v) is 15.0. The van der Waals surface area contributed by atoms with E-state index in [1.165, 1.54) is 39.9 Å². The SMILES string of the molecule is C=CCN(Cc1ccc(Cl)s1)S(=O)(=O)c1ccc(C#N)c(Cl)c1. The molecular weight excluding hydrogens is 375 g/mol. The fourth-order valence-electron chi connectivity index (χ4n) is 1.90. The van der Waals surface area contributed by atoms with E-state index < -0.39 is 10.0 Å². The Hall–Kier alpha value is -1.36. The molecule has 0 unspecified atom stereocenters. The van der Waals surface area contributed by atoms with Crippen molar-refractivity contribution in [3.05, 3.63) is 62.8 Å². The average Bonchev–Trinajstić information content (AvgIpc) is 2.92. The summed E-state index contributed by atoms with van der Waals surface area (Å²) >= 11 is 13.1. The minimum absolute atomic E-state index is 0.0333. The van der Waals surface area contributed by atoms with Crippen LogP contribution in [-0.2, 0) is 16.6 Å². The normalized spacial score (nSPS) is 11.4. The van der Waals surface area contributed by atoms with Crippen LogP contribution in [0.4, 0.5) is 0 Å². The summed E-state index contributed by atoms with van der Waals surface area (Å²) < 4.78 is 27.5. The highest BCUT2D eigenvalue weighted by atomic mass is 35.5. The molecule has 0 aliphatic carbocycles. The maximum Gasteiger partial charge on any atom is 0.243 e. The van der Waals surface area contributed by atoms with E-state index in [0.717, 1.165) is 4.88 Å². The van der Waals surface area contributed by atoms with Gasteiger partial charge in [-0.2, -0.15) is 9.57 Å². The highest BCUT2D eigenvalue weighted by Crippen LogP contribution is 2.27. The molecule has 0 saturated heterocycles. The first-order chi connectivity index (χ1) is 10.9. The first kappa shape index (κ1) is 18.0. The summed E-state index contributed by atoms with van der Waals surface area (Å²) in [4.78, 5) is 0.853. The maximum absolute atomic E-state index is 12.8. The largest absolute Gasteiger partial charge is 0.243 e. The van der Waals surface area contributed by atoms with E-state index in [1.54, 1.807) is 12.1 Å². The second-order valence-corrected chi connectivity index (χ2v) is 8.69. The minimum atomic E-state index is -3.77. The summed E-state index contributed by atoms with van der Waals surface area (Å²) in [6.07, 6.45) is 1.51. The molecular formula is C15H12Cl2N2O2S2. The first-order valence-electron chi connectivity index (χ1n) is 6.43. The van der Waals surface area contributed by atoms with Crippen molar-refractivity contribution in [2.45, 2.75) is 11.4 Å². The number of hydrogen-bond donors (Lipinski definition) is 0. The van der Waals surface area contributed by atoms with E-state index in [-0.39, 0.29) is 28.6 Å². The Morgan fingerprint density at radius 3 is 2.57 bits per heavy atom. The number of hydrogen-bond acceptors (Lipinski definition) is 4. The van der Waals surface area contributed by atoms with Gasteiger partial charge in [0.2, 0.25) is 10.0 Å². The van der Waals surface area contributed by atoms with Crippen LogP contribution in [0.5, 0.6) is 0 Å². The van der Waals surface area contributed by atoms with Crippen LogP contribution in [0.25, 0.3) is 0 Å². The van der Waals surface area contributed by atoms with Gasteiger partial charge in [0.1, 0.15) is 6.07 Å². The number of thiophene rings is 1. The van der Waals surface area contributed by atoms with Crippen LogP contribution >= 0.6 is 34.5 Å². The number of sulfonamides is 1. The predicted molar refractivity (Wildman–Crippen MR) is 93.3 cm³/mol. The Bertz CT molecular complexity index is 870. The molecule has 0 aliphatic rings. The van der Waals surface area contributed by atoms with Gasteiger partial charge in [-0.05, 0) is 30.3 Å². The lowest BCUT2D eigenvalue weighted by atomic mass is 10.2. The van der Waals surface area contributed by atoms with Crippen LogP contribution < -0.4 is 0 Å². The molecule has 120 valence electrons. The average molecular weight is 387 g/mol. The summed E-state index contributed by atoms with van der Waals surface area (Å²) in [5.41, 5.74) is 0.228. The quantitative estimate of drug-likeness (QED) is 0.695. The molecule has 0 radical (unpaired) electrons. The Kier molecular flexibility index (Phi) is 5.84. The van der Waals surface area contributed by atoms with Gasteiger partial charge < -0.3 is 0 Å². The Morgan fingerprint density at radius 1 is 1.30 bits per heavy atom. The number of nitrogens with zero attached hydrogens (tertiary/aromatic N) is 2. The standard InChI is InChI=1S/C15H12Cl2N2O2S2/c1-2-7-19(10-12-4-6-15(17)22-12)23(20,21)13-5-3-11(9-18)14(16)8-13/h2-6,8H,1,7,10H2. The molecule has 0 saturated carbocycles. The highest BCUT2D eigenvalue weighted by molar-refractivity contribution is 7.89. The molecule has 1 aromatic heterocycles. The van der Waals surface area contributed by atoms with Gasteiger partial charge in [0, 0.05) is 18.0 Å². The fourth-order valence-corrected chi connectivity index (χ4v) is 4.79. The van der Waals surface area contributed by atoms with Crippen molar-refractivity contribution >= 4 is 44.6 Å². The molecule has 0 bridgehead atoms. The van der Waals surface area contributed by atoms with Crippen molar-refractivity contribution in [3.8, 4) is 6.07 Å². The van der Waals surface area contributed by atoms with Gasteiger partial charge in [0.05, 0.1) is 19.8 Å². The van der Waals surface area contributed by atoms with Gasteiger partial charge in [-0.25, -0.2) is 8.42 Å². The Balaban J connectivity index is 2.38. The zero-order chi connectivity index (χ0) is 17.0. The number of rotatable bonds is 6. The molecule has 0 aliphatic heterocycles. The van der Waals surface area contributed by atoms with E-state index in [0.29, 0.717) is 4.34 Å². The van der Waals surface area contributed by atoms with Crippen LogP contribution in [0.3, 0.4) is 0 Å². The second kappa shape index (κ2) is 7.47. The summed E-state index contributed by atoms with van der Waals surface area (Å²) in [5, 5.41) is 8.99. The molecule has 0 spiro atoms. The van der Waals surface area contributed by atoms with Crippen LogP contribution in [0.1, 0.15) is 10.4 Å². The summed E-state index contributed by atoms with van der Waals surface area (Å²) in [6, 6.07) is 9.45. The number of nitriles is 1. The molecule has 0 amide bonds. The third kappa shape index (κ3) is 4.14. The van der Waals surface area contributed by atoms with Crippen molar-refractivity contribution in [2.75, 3.05) is 6.54 Å². The molecule has 1 heterocycles. The molecule has 23 heavy (non-hydrogen) atoms. The molecule has 2 aromatic rings. The van der Waals surface area contributed by atoms with Crippen molar-refractivity contribution in [2.24, 2.45) is 0 Å². The maximum atomic E-state index is 12.8. The van der Waals surface area contributed by atoms with Crippen molar-refractivity contribution in [1.82, 2.24) is 4.31 Å². The van der Waals surface area contributed by atoms with Crippen molar-refractivity contribution < 1.29 is 8.42 Å². The summed E-state index contributed by atoms with van der Waals surface area (Å²) in [6.45, 7) is 3.93. The molecule has 0 fully saturated rings. The monoisotopic (exact) mass is 386 g/mol. The van der Waals surface area contributed by atoms with Gasteiger partial charge >= 0.3 is 0 Å². The van der Waals surface area contributed by atoms with Crippen LogP contribution in [0, 0.1) is 11.3 Å². The van der Waals surface area contributed by atoms with Gasteiger partial charge in [0.25, 0.3) is 0 Å². The molecule has 2 rings (SSSR count). The van der Waals surface area contributed by atoms with Gasteiger partial charge in [-0.15, -0.1) is 17.9 Å². The first-order valence-corrected chi connectivity index (χ1v) is 9.44. The third-order valence-corrected chi connectivity index (χ3v) is 6.33. The molecule has 0 N–H and O–H groups in total. The lowest BCUT2D eigenvalue weighted by Gasteiger charge is -2.20. The van der Waals surface area contributed by atoms with Gasteiger partial charge in [-0.1, -0.05) is 29.3 Å². The number of halogens is 2. The molecule has 8 heteroatoms. The van der Waals surface area contributed by atoms with Gasteiger partial charge in [-0.3, -0.25) is 0 Å².